The molecule has 0 radical (unpaired) electrons. The molecule has 0 saturated carbocycles. The lowest BCUT2D eigenvalue weighted by Crippen LogP contribution is -2.52. The summed E-state index contributed by atoms with van der Waals surface area (Å²) >= 11 is 1.64. The van der Waals surface area contributed by atoms with E-state index in [0.29, 0.717) is 38.4 Å². The number of nitrogens with zero attached hydrogens (tertiary/aromatic N) is 4. The fourth-order valence-electron chi connectivity index (χ4n) is 3.04. The highest BCUT2D eigenvalue weighted by Gasteiger charge is 2.31. The van der Waals surface area contributed by atoms with Crippen molar-refractivity contribution in [3.05, 3.63) is 45.9 Å². The van der Waals surface area contributed by atoms with Crippen molar-refractivity contribution in [2.75, 3.05) is 38.1 Å². The van der Waals surface area contributed by atoms with Crippen molar-refractivity contribution >= 4 is 23.0 Å². The highest BCUT2D eigenvalue weighted by Crippen LogP contribution is 2.31. The summed E-state index contributed by atoms with van der Waals surface area (Å²) in [5.74, 6) is 0.796. The van der Waals surface area contributed by atoms with Gasteiger partial charge in [0.05, 0.1) is 17.1 Å². The van der Waals surface area contributed by atoms with E-state index in [4.69, 9.17) is 0 Å². The second kappa shape index (κ2) is 8.16. The lowest BCUT2D eigenvalue weighted by Gasteiger charge is -2.37. The maximum absolute atomic E-state index is 12.9. The Labute approximate surface area is 160 Å². The van der Waals surface area contributed by atoms with Gasteiger partial charge in [0.2, 0.25) is 0 Å². The maximum Gasteiger partial charge on any atom is 0.416 e. The monoisotopic (exact) mass is 397 g/mol. The molecule has 2 heterocycles. The smallest absolute Gasteiger partial charge is 0.368 e. The van der Waals surface area contributed by atoms with Gasteiger partial charge in [0.15, 0.2) is 5.96 Å². The molecule has 1 aromatic heterocycles. The number of hydrogen-bond donors (Lipinski definition) is 1. The van der Waals surface area contributed by atoms with E-state index < -0.39 is 11.7 Å². The van der Waals surface area contributed by atoms with E-state index in [1.807, 2.05) is 18.0 Å². The van der Waals surface area contributed by atoms with Crippen LogP contribution in [0.5, 0.6) is 0 Å². The Hall–Kier alpha value is -2.29. The van der Waals surface area contributed by atoms with Gasteiger partial charge >= 0.3 is 6.18 Å². The van der Waals surface area contributed by atoms with Crippen molar-refractivity contribution in [1.29, 1.82) is 0 Å². The molecule has 27 heavy (non-hydrogen) atoms. The third-order valence-electron chi connectivity index (χ3n) is 4.42. The van der Waals surface area contributed by atoms with Crippen LogP contribution in [-0.4, -0.2) is 49.1 Å². The van der Waals surface area contributed by atoms with Crippen LogP contribution in [0.25, 0.3) is 0 Å². The second-order valence-corrected chi connectivity index (χ2v) is 7.59. The Morgan fingerprint density at radius 1 is 1.26 bits per heavy atom. The first-order valence-electron chi connectivity index (χ1n) is 8.66. The molecule has 146 valence electrons. The number of nitrogens with one attached hydrogen (secondary N) is 1. The van der Waals surface area contributed by atoms with Crippen molar-refractivity contribution in [1.82, 2.24) is 15.2 Å². The topological polar surface area (TPSA) is 43.8 Å². The minimum absolute atomic E-state index is 0.604. The number of hydrogen-bond acceptors (Lipinski definition) is 4. The molecule has 9 heteroatoms. The average Bonchev–Trinajstić information content (AvgIpc) is 3.07. The highest BCUT2D eigenvalue weighted by atomic mass is 32.1. The molecule has 2 aromatic rings. The van der Waals surface area contributed by atoms with Crippen LogP contribution in [0.1, 0.15) is 15.4 Å². The fourth-order valence-corrected chi connectivity index (χ4v) is 3.78. The fraction of sp³-hybridized carbons (Fsp3) is 0.444. The van der Waals surface area contributed by atoms with E-state index in [9.17, 15) is 13.2 Å². The molecule has 0 aliphatic carbocycles. The Morgan fingerprint density at radius 2 is 2.00 bits per heavy atom. The lowest BCUT2D eigenvalue weighted by atomic mass is 10.1. The molecule has 0 atom stereocenters. The molecule has 0 unspecified atom stereocenters. The van der Waals surface area contributed by atoms with Crippen molar-refractivity contribution in [2.45, 2.75) is 19.6 Å². The minimum atomic E-state index is -4.32. The standard InChI is InChI=1S/C18H22F3N5S/c1-13-23-11-16(27-13)12-24-17(22-2)26-8-6-25(7-9-26)15-5-3-4-14(10-15)18(19,20)21/h3-5,10-11H,6-9,12H2,1-2H3,(H,22,24). The van der Waals surface area contributed by atoms with Gasteiger partial charge in [-0.1, -0.05) is 6.07 Å². The van der Waals surface area contributed by atoms with Crippen molar-refractivity contribution in [3.8, 4) is 0 Å². The van der Waals surface area contributed by atoms with Crippen molar-refractivity contribution in [2.24, 2.45) is 4.99 Å². The molecule has 1 aromatic carbocycles. The Bertz CT molecular complexity index is 794. The number of aryl methyl sites for hydroxylation is 1. The van der Waals surface area contributed by atoms with Crippen LogP contribution in [0.2, 0.25) is 0 Å². The van der Waals surface area contributed by atoms with Crippen LogP contribution >= 0.6 is 11.3 Å². The van der Waals surface area contributed by atoms with Gasteiger partial charge in [0.1, 0.15) is 0 Å². The molecule has 1 aliphatic heterocycles. The summed E-state index contributed by atoms with van der Waals surface area (Å²) in [6, 6.07) is 5.51. The molecular formula is C18H22F3N5S. The zero-order valence-corrected chi connectivity index (χ0v) is 16.1. The molecule has 3 rings (SSSR count). The van der Waals surface area contributed by atoms with Gasteiger partial charge < -0.3 is 15.1 Å². The van der Waals surface area contributed by atoms with Crippen LogP contribution in [-0.2, 0) is 12.7 Å². The molecule has 0 amide bonds. The number of guanidine groups is 1. The molecule has 1 fully saturated rings. The number of aliphatic imine (C=N–C) groups is 1. The van der Waals surface area contributed by atoms with Gasteiger partial charge in [0, 0.05) is 50.0 Å². The highest BCUT2D eigenvalue weighted by molar-refractivity contribution is 7.11. The minimum Gasteiger partial charge on any atom is -0.368 e. The third-order valence-corrected chi connectivity index (χ3v) is 5.33. The normalized spacial score (nSPS) is 16.0. The van der Waals surface area contributed by atoms with Crippen LogP contribution in [0.4, 0.5) is 18.9 Å². The lowest BCUT2D eigenvalue weighted by molar-refractivity contribution is -0.137. The van der Waals surface area contributed by atoms with E-state index in [0.717, 1.165) is 21.9 Å². The Morgan fingerprint density at radius 3 is 2.59 bits per heavy atom. The zero-order valence-electron chi connectivity index (χ0n) is 15.3. The van der Waals surface area contributed by atoms with Gasteiger partial charge in [-0.25, -0.2) is 4.98 Å². The molecule has 1 saturated heterocycles. The van der Waals surface area contributed by atoms with E-state index in [1.165, 1.54) is 12.1 Å². The average molecular weight is 397 g/mol. The van der Waals surface area contributed by atoms with Gasteiger partial charge in [-0.2, -0.15) is 13.2 Å². The number of rotatable bonds is 3. The first-order valence-corrected chi connectivity index (χ1v) is 9.47. The van der Waals surface area contributed by atoms with E-state index in [-0.39, 0.29) is 0 Å². The molecule has 1 aliphatic rings. The summed E-state index contributed by atoms with van der Waals surface area (Å²) in [5, 5.41) is 4.36. The van der Waals surface area contributed by atoms with Crippen molar-refractivity contribution < 1.29 is 13.2 Å². The second-order valence-electron chi connectivity index (χ2n) is 6.27. The van der Waals surface area contributed by atoms with Crippen LogP contribution in [0, 0.1) is 6.92 Å². The van der Waals surface area contributed by atoms with E-state index >= 15 is 0 Å². The van der Waals surface area contributed by atoms with Crippen LogP contribution < -0.4 is 10.2 Å². The van der Waals surface area contributed by atoms with Crippen LogP contribution in [0.3, 0.4) is 0 Å². The Kier molecular flexibility index (Phi) is 5.88. The summed E-state index contributed by atoms with van der Waals surface area (Å²) in [6.07, 6.45) is -2.47. The molecule has 0 bridgehead atoms. The SMILES string of the molecule is CN=C(NCc1cnc(C)s1)N1CCN(c2cccc(C(F)(F)F)c2)CC1. The first-order chi connectivity index (χ1) is 12.9. The summed E-state index contributed by atoms with van der Waals surface area (Å²) < 4.78 is 38.8. The summed E-state index contributed by atoms with van der Waals surface area (Å²) in [5.41, 5.74) is -0.00712. The molecular weight excluding hydrogens is 375 g/mol. The molecule has 5 nitrogen and oxygen atoms in total. The number of anilines is 1. The number of benzene rings is 1. The van der Waals surface area contributed by atoms with E-state index in [2.05, 4.69) is 20.2 Å². The van der Waals surface area contributed by atoms with Crippen molar-refractivity contribution in [3.63, 3.8) is 0 Å². The predicted molar refractivity (Wildman–Crippen MR) is 102 cm³/mol. The first kappa shape index (κ1) is 19.5. The Balaban J connectivity index is 1.57. The summed E-state index contributed by atoms with van der Waals surface area (Å²) in [6.45, 7) is 5.29. The third kappa shape index (κ3) is 4.91. The number of thiazole rings is 1. The van der Waals surface area contributed by atoms with Gasteiger partial charge in [0.25, 0.3) is 0 Å². The molecule has 1 N–H and O–H groups in total. The number of alkyl halides is 3. The number of halogens is 3. The number of aromatic nitrogens is 1. The molecule has 0 spiro atoms. The number of piperazine rings is 1. The maximum atomic E-state index is 12.9. The van der Waals surface area contributed by atoms with Gasteiger partial charge in [-0.15, -0.1) is 11.3 Å². The summed E-state index contributed by atoms with van der Waals surface area (Å²) in [4.78, 5) is 13.8. The van der Waals surface area contributed by atoms with Crippen LogP contribution in [0.15, 0.2) is 35.5 Å². The zero-order chi connectivity index (χ0) is 19.4. The largest absolute Gasteiger partial charge is 0.416 e. The quantitative estimate of drug-likeness (QED) is 0.637. The van der Waals surface area contributed by atoms with Gasteiger partial charge in [-0.05, 0) is 25.1 Å². The van der Waals surface area contributed by atoms with E-state index in [1.54, 1.807) is 24.5 Å². The summed E-state index contributed by atoms with van der Waals surface area (Å²) in [7, 11) is 1.74. The van der Waals surface area contributed by atoms with Gasteiger partial charge in [-0.3, -0.25) is 4.99 Å². The predicted octanol–water partition coefficient (Wildman–Crippen LogP) is 3.37.